The average Bonchev–Trinajstić information content (AvgIpc) is 2.51. The van der Waals surface area contributed by atoms with E-state index < -0.39 is 0 Å². The third kappa shape index (κ3) is 5.09. The molecule has 0 aliphatic carbocycles. The molecule has 23 heavy (non-hydrogen) atoms. The van der Waals surface area contributed by atoms with Crippen LogP contribution in [-0.4, -0.2) is 17.4 Å². The highest BCUT2D eigenvalue weighted by Crippen LogP contribution is 2.18. The molecule has 0 saturated carbocycles. The van der Waals surface area contributed by atoms with Gasteiger partial charge in [0.05, 0.1) is 11.3 Å². The fourth-order valence-corrected chi connectivity index (χ4v) is 2.23. The van der Waals surface area contributed by atoms with Crippen molar-refractivity contribution in [3.8, 4) is 0 Å². The molecule has 0 spiro atoms. The van der Waals surface area contributed by atoms with Crippen molar-refractivity contribution in [3.63, 3.8) is 0 Å². The molecule has 0 radical (unpaired) electrons. The fourth-order valence-electron chi connectivity index (χ4n) is 2.23. The van der Waals surface area contributed by atoms with E-state index in [9.17, 15) is 4.79 Å². The van der Waals surface area contributed by atoms with E-state index in [1.807, 2.05) is 38.1 Å². The van der Waals surface area contributed by atoms with Crippen molar-refractivity contribution in [1.29, 1.82) is 0 Å². The van der Waals surface area contributed by atoms with Crippen LogP contribution in [0.1, 0.15) is 41.8 Å². The Bertz CT molecular complexity index is 680. The Labute approximate surface area is 138 Å². The monoisotopic (exact) mass is 311 g/mol. The van der Waals surface area contributed by atoms with Gasteiger partial charge in [-0.25, -0.2) is 0 Å². The van der Waals surface area contributed by atoms with Gasteiger partial charge in [0.15, 0.2) is 0 Å². The lowest BCUT2D eigenvalue weighted by Gasteiger charge is -2.11. The van der Waals surface area contributed by atoms with E-state index in [1.54, 1.807) is 12.4 Å². The highest BCUT2D eigenvalue weighted by molar-refractivity contribution is 6.05. The Morgan fingerprint density at radius 1 is 1.17 bits per heavy atom. The van der Waals surface area contributed by atoms with Crippen LogP contribution in [0.2, 0.25) is 0 Å². The van der Waals surface area contributed by atoms with E-state index in [1.165, 1.54) is 0 Å². The van der Waals surface area contributed by atoms with Crippen molar-refractivity contribution in [3.05, 3.63) is 53.3 Å². The van der Waals surface area contributed by atoms with Gasteiger partial charge in [0.25, 0.3) is 5.91 Å². The van der Waals surface area contributed by atoms with Crippen LogP contribution in [0.4, 0.5) is 11.4 Å². The van der Waals surface area contributed by atoms with E-state index in [0.29, 0.717) is 11.5 Å². The molecular weight excluding hydrogens is 286 g/mol. The Morgan fingerprint density at radius 3 is 2.70 bits per heavy atom. The highest BCUT2D eigenvalue weighted by Gasteiger charge is 2.09. The van der Waals surface area contributed by atoms with Crippen molar-refractivity contribution < 1.29 is 4.79 Å². The average molecular weight is 311 g/mol. The number of nitrogens with one attached hydrogen (secondary N) is 2. The lowest BCUT2D eigenvalue weighted by Crippen LogP contribution is -2.14. The first-order valence-corrected chi connectivity index (χ1v) is 8.03. The van der Waals surface area contributed by atoms with E-state index in [0.717, 1.165) is 35.5 Å². The normalized spacial score (nSPS) is 10.7. The molecule has 2 aromatic rings. The molecule has 0 aliphatic heterocycles. The van der Waals surface area contributed by atoms with Crippen molar-refractivity contribution in [1.82, 2.24) is 4.98 Å². The summed E-state index contributed by atoms with van der Waals surface area (Å²) in [7, 11) is 0. The summed E-state index contributed by atoms with van der Waals surface area (Å²) in [4.78, 5) is 16.6. The molecule has 1 aromatic heterocycles. The van der Waals surface area contributed by atoms with E-state index in [2.05, 4.69) is 29.5 Å². The predicted octanol–water partition coefficient (Wildman–Crippen LogP) is 4.41. The molecule has 0 bridgehead atoms. The van der Waals surface area contributed by atoms with Gasteiger partial charge in [-0.3, -0.25) is 9.78 Å². The second-order valence-corrected chi connectivity index (χ2v) is 6.34. The summed E-state index contributed by atoms with van der Waals surface area (Å²) >= 11 is 0. The minimum Gasteiger partial charge on any atom is -0.384 e. The largest absolute Gasteiger partial charge is 0.384 e. The summed E-state index contributed by atoms with van der Waals surface area (Å²) in [5.41, 5.74) is 4.43. The molecule has 0 atom stereocenters. The van der Waals surface area contributed by atoms with Crippen molar-refractivity contribution >= 4 is 17.3 Å². The van der Waals surface area contributed by atoms with Gasteiger partial charge >= 0.3 is 0 Å². The summed E-state index contributed by atoms with van der Waals surface area (Å²) in [6.45, 7) is 9.25. The standard InChI is InChI=1S/C19H25N3O/c1-13(2)7-8-21-17-10-16(11-20-12-17)19(23)22-18-9-14(3)5-6-15(18)4/h5-6,9-13,21H,7-8H2,1-4H3,(H,22,23). The van der Waals surface area contributed by atoms with Crippen molar-refractivity contribution in [2.24, 2.45) is 5.92 Å². The van der Waals surface area contributed by atoms with Crippen molar-refractivity contribution in [2.75, 3.05) is 17.2 Å². The lowest BCUT2D eigenvalue weighted by molar-refractivity contribution is 0.102. The molecule has 4 heteroatoms. The van der Waals surface area contributed by atoms with Gasteiger partial charge in [-0.2, -0.15) is 0 Å². The third-order valence-electron chi connectivity index (χ3n) is 3.69. The zero-order valence-corrected chi connectivity index (χ0v) is 14.3. The van der Waals surface area contributed by atoms with Crippen LogP contribution in [0.3, 0.4) is 0 Å². The van der Waals surface area contributed by atoms with Crippen LogP contribution in [0, 0.1) is 19.8 Å². The number of hydrogen-bond donors (Lipinski definition) is 2. The maximum absolute atomic E-state index is 12.4. The molecule has 1 aromatic carbocycles. The number of pyridine rings is 1. The van der Waals surface area contributed by atoms with Crippen molar-refractivity contribution in [2.45, 2.75) is 34.1 Å². The number of aromatic nitrogens is 1. The Balaban J connectivity index is 2.06. The van der Waals surface area contributed by atoms with Crippen LogP contribution in [0.5, 0.6) is 0 Å². The van der Waals surface area contributed by atoms with E-state index >= 15 is 0 Å². The Morgan fingerprint density at radius 2 is 1.96 bits per heavy atom. The fraction of sp³-hybridized carbons (Fsp3) is 0.368. The zero-order chi connectivity index (χ0) is 16.8. The quantitative estimate of drug-likeness (QED) is 0.831. The molecule has 0 aliphatic rings. The van der Waals surface area contributed by atoms with Gasteiger partial charge in [-0.05, 0) is 49.4 Å². The molecule has 2 rings (SSSR count). The molecule has 0 fully saturated rings. The van der Waals surface area contributed by atoms with Crippen LogP contribution >= 0.6 is 0 Å². The van der Waals surface area contributed by atoms with E-state index in [4.69, 9.17) is 0 Å². The number of carbonyl (C=O) groups excluding carboxylic acids is 1. The minimum atomic E-state index is -0.140. The molecular formula is C19H25N3O. The summed E-state index contributed by atoms with van der Waals surface area (Å²) in [5, 5.41) is 6.28. The van der Waals surface area contributed by atoms with Gasteiger partial charge in [0, 0.05) is 24.6 Å². The molecule has 4 nitrogen and oxygen atoms in total. The molecule has 122 valence electrons. The number of hydrogen-bond acceptors (Lipinski definition) is 3. The van der Waals surface area contributed by atoms with Gasteiger partial charge in [-0.1, -0.05) is 26.0 Å². The third-order valence-corrected chi connectivity index (χ3v) is 3.69. The number of aryl methyl sites for hydroxylation is 2. The second kappa shape index (κ2) is 7.77. The molecule has 1 amide bonds. The first-order valence-electron chi connectivity index (χ1n) is 8.03. The van der Waals surface area contributed by atoms with Gasteiger partial charge in [0.1, 0.15) is 0 Å². The second-order valence-electron chi connectivity index (χ2n) is 6.34. The lowest BCUT2D eigenvalue weighted by atomic mass is 10.1. The number of benzene rings is 1. The van der Waals surface area contributed by atoms with Gasteiger partial charge in [-0.15, -0.1) is 0 Å². The predicted molar refractivity (Wildman–Crippen MR) is 96.1 cm³/mol. The smallest absolute Gasteiger partial charge is 0.257 e. The highest BCUT2D eigenvalue weighted by atomic mass is 16.1. The molecule has 1 heterocycles. The first kappa shape index (κ1) is 17.0. The minimum absolute atomic E-state index is 0.140. The number of anilines is 2. The van der Waals surface area contributed by atoms with Crippen LogP contribution < -0.4 is 10.6 Å². The van der Waals surface area contributed by atoms with Gasteiger partial charge < -0.3 is 10.6 Å². The van der Waals surface area contributed by atoms with Crippen LogP contribution in [0.15, 0.2) is 36.7 Å². The summed E-state index contributed by atoms with van der Waals surface area (Å²) in [6, 6.07) is 7.86. The van der Waals surface area contributed by atoms with Crippen LogP contribution in [0.25, 0.3) is 0 Å². The maximum Gasteiger partial charge on any atom is 0.257 e. The Kier molecular flexibility index (Phi) is 5.74. The van der Waals surface area contributed by atoms with E-state index in [-0.39, 0.29) is 5.91 Å². The molecule has 0 unspecified atom stereocenters. The summed E-state index contributed by atoms with van der Waals surface area (Å²) < 4.78 is 0. The number of nitrogens with zero attached hydrogens (tertiary/aromatic N) is 1. The Hall–Kier alpha value is -2.36. The number of amides is 1. The SMILES string of the molecule is Cc1ccc(C)c(NC(=O)c2cncc(NCCC(C)C)c2)c1. The molecule has 0 saturated heterocycles. The molecule has 2 N–H and O–H groups in total. The first-order chi connectivity index (χ1) is 11.0. The number of carbonyl (C=O) groups is 1. The summed E-state index contributed by atoms with van der Waals surface area (Å²) in [5.74, 6) is 0.505. The maximum atomic E-state index is 12.4. The number of rotatable bonds is 6. The summed E-state index contributed by atoms with van der Waals surface area (Å²) in [6.07, 6.45) is 4.42. The topological polar surface area (TPSA) is 54.0 Å². The van der Waals surface area contributed by atoms with Crippen LogP contribution in [-0.2, 0) is 0 Å². The zero-order valence-electron chi connectivity index (χ0n) is 14.3. The van der Waals surface area contributed by atoms with Gasteiger partial charge in [0.2, 0.25) is 0 Å².